The Bertz CT molecular complexity index is 423. The monoisotopic (exact) mass is 307 g/mol. The second-order valence-corrected chi connectivity index (χ2v) is 5.94. The molecule has 0 aliphatic carbocycles. The zero-order chi connectivity index (χ0) is 16.4. The summed E-state index contributed by atoms with van der Waals surface area (Å²) in [5, 5.41) is 0. The average Bonchev–Trinajstić information content (AvgIpc) is 2.53. The number of methoxy groups -OCH3 is 2. The van der Waals surface area contributed by atoms with Crippen LogP contribution in [-0.2, 0) is 20.7 Å². The van der Waals surface area contributed by atoms with Gasteiger partial charge in [0, 0.05) is 33.7 Å². The Labute approximate surface area is 134 Å². The molecule has 1 rings (SSSR count). The number of carbonyl (C=O) groups excluding carboxylic acids is 1. The van der Waals surface area contributed by atoms with Gasteiger partial charge in [-0.25, -0.2) is 0 Å². The van der Waals surface area contributed by atoms with E-state index in [2.05, 4.69) is 17.0 Å². The van der Waals surface area contributed by atoms with Gasteiger partial charge in [-0.05, 0) is 25.8 Å². The molecule has 22 heavy (non-hydrogen) atoms. The summed E-state index contributed by atoms with van der Waals surface area (Å²) in [4.78, 5) is 14.8. The molecular weight excluding hydrogens is 278 g/mol. The molecule has 4 nitrogen and oxygen atoms in total. The Balaban J connectivity index is 2.63. The SMILES string of the molecule is COCCN(CCOC)C(C)(C)C(=O)CCc1ccccc1. The highest BCUT2D eigenvalue weighted by molar-refractivity contribution is 5.87. The van der Waals surface area contributed by atoms with Crippen LogP contribution in [0.2, 0.25) is 0 Å². The van der Waals surface area contributed by atoms with Gasteiger partial charge in [0.25, 0.3) is 0 Å². The van der Waals surface area contributed by atoms with Crippen LogP contribution in [0.15, 0.2) is 30.3 Å². The smallest absolute Gasteiger partial charge is 0.152 e. The number of hydrogen-bond donors (Lipinski definition) is 0. The van der Waals surface area contributed by atoms with Crippen LogP contribution in [0, 0.1) is 0 Å². The molecular formula is C18H29NO3. The molecule has 0 spiro atoms. The van der Waals surface area contributed by atoms with Gasteiger partial charge in [0.05, 0.1) is 18.8 Å². The van der Waals surface area contributed by atoms with Gasteiger partial charge in [0.15, 0.2) is 5.78 Å². The third-order valence-electron chi connectivity index (χ3n) is 4.09. The number of hydrogen-bond acceptors (Lipinski definition) is 4. The van der Waals surface area contributed by atoms with E-state index in [-0.39, 0.29) is 5.78 Å². The maximum absolute atomic E-state index is 12.7. The molecule has 1 aromatic carbocycles. The predicted molar refractivity (Wildman–Crippen MR) is 89.2 cm³/mol. The Morgan fingerprint density at radius 2 is 1.59 bits per heavy atom. The van der Waals surface area contributed by atoms with Crippen molar-refractivity contribution >= 4 is 5.78 Å². The minimum atomic E-state index is -0.508. The third-order valence-corrected chi connectivity index (χ3v) is 4.09. The van der Waals surface area contributed by atoms with Gasteiger partial charge in [-0.2, -0.15) is 0 Å². The van der Waals surface area contributed by atoms with Crippen molar-refractivity contribution in [1.82, 2.24) is 4.90 Å². The lowest BCUT2D eigenvalue weighted by molar-refractivity contribution is -0.130. The van der Waals surface area contributed by atoms with Gasteiger partial charge in [-0.15, -0.1) is 0 Å². The van der Waals surface area contributed by atoms with E-state index in [1.165, 1.54) is 5.56 Å². The largest absolute Gasteiger partial charge is 0.383 e. The average molecular weight is 307 g/mol. The van der Waals surface area contributed by atoms with Gasteiger partial charge < -0.3 is 9.47 Å². The molecule has 4 heteroatoms. The fraction of sp³-hybridized carbons (Fsp3) is 0.611. The minimum absolute atomic E-state index is 0.253. The van der Waals surface area contributed by atoms with Gasteiger partial charge in [-0.3, -0.25) is 9.69 Å². The quantitative estimate of drug-likeness (QED) is 0.630. The van der Waals surface area contributed by atoms with Crippen LogP contribution >= 0.6 is 0 Å². The fourth-order valence-electron chi connectivity index (χ4n) is 2.46. The van der Waals surface area contributed by atoms with E-state index in [0.29, 0.717) is 19.6 Å². The highest BCUT2D eigenvalue weighted by Gasteiger charge is 2.33. The molecule has 0 unspecified atom stereocenters. The molecule has 0 aliphatic heterocycles. The molecule has 0 radical (unpaired) electrons. The Hall–Kier alpha value is -1.23. The number of ether oxygens (including phenoxy) is 2. The van der Waals surface area contributed by atoms with E-state index in [0.717, 1.165) is 19.5 Å². The number of aryl methyl sites for hydroxylation is 1. The predicted octanol–water partition coefficient (Wildman–Crippen LogP) is 2.56. The van der Waals surface area contributed by atoms with Crippen molar-refractivity contribution in [2.75, 3.05) is 40.5 Å². The Kier molecular flexibility index (Phi) is 8.31. The van der Waals surface area contributed by atoms with Gasteiger partial charge >= 0.3 is 0 Å². The molecule has 0 atom stereocenters. The maximum atomic E-state index is 12.7. The first-order valence-electron chi connectivity index (χ1n) is 7.82. The second kappa shape index (κ2) is 9.72. The second-order valence-electron chi connectivity index (χ2n) is 5.94. The van der Waals surface area contributed by atoms with Crippen molar-refractivity contribution in [3.63, 3.8) is 0 Å². The van der Waals surface area contributed by atoms with Crippen molar-refractivity contribution in [2.24, 2.45) is 0 Å². The molecule has 124 valence electrons. The molecule has 0 aromatic heterocycles. The van der Waals surface area contributed by atoms with Gasteiger partial charge in [0.2, 0.25) is 0 Å². The van der Waals surface area contributed by atoms with Crippen LogP contribution in [0.25, 0.3) is 0 Å². The summed E-state index contributed by atoms with van der Waals surface area (Å²) < 4.78 is 10.3. The minimum Gasteiger partial charge on any atom is -0.383 e. The highest BCUT2D eigenvalue weighted by atomic mass is 16.5. The molecule has 0 heterocycles. The summed E-state index contributed by atoms with van der Waals surface area (Å²) in [6, 6.07) is 10.1. The first-order chi connectivity index (χ1) is 10.5. The van der Waals surface area contributed by atoms with Crippen molar-refractivity contribution in [2.45, 2.75) is 32.2 Å². The van der Waals surface area contributed by atoms with Crippen molar-refractivity contribution in [3.8, 4) is 0 Å². The molecule has 0 amide bonds. The van der Waals surface area contributed by atoms with E-state index in [4.69, 9.17) is 9.47 Å². The molecule has 0 aliphatic rings. The lowest BCUT2D eigenvalue weighted by Gasteiger charge is -2.37. The van der Waals surface area contributed by atoms with Crippen LogP contribution in [-0.4, -0.2) is 56.7 Å². The van der Waals surface area contributed by atoms with Crippen LogP contribution in [0.1, 0.15) is 25.8 Å². The molecule has 0 saturated heterocycles. The first-order valence-corrected chi connectivity index (χ1v) is 7.82. The van der Waals surface area contributed by atoms with E-state index in [1.54, 1.807) is 14.2 Å². The number of nitrogens with zero attached hydrogens (tertiary/aromatic N) is 1. The number of Topliss-reactive ketones (excluding diaryl/α,β-unsaturated/α-hetero) is 1. The summed E-state index contributed by atoms with van der Waals surface area (Å²) in [7, 11) is 3.36. The normalized spacial score (nSPS) is 11.9. The van der Waals surface area contributed by atoms with Gasteiger partial charge in [-0.1, -0.05) is 30.3 Å². The van der Waals surface area contributed by atoms with Gasteiger partial charge in [0.1, 0.15) is 0 Å². The summed E-state index contributed by atoms with van der Waals surface area (Å²) in [5.74, 6) is 0.253. The van der Waals surface area contributed by atoms with Crippen LogP contribution in [0.4, 0.5) is 0 Å². The summed E-state index contributed by atoms with van der Waals surface area (Å²) in [6.07, 6.45) is 1.33. The van der Waals surface area contributed by atoms with Crippen LogP contribution < -0.4 is 0 Å². The van der Waals surface area contributed by atoms with E-state index in [9.17, 15) is 4.79 Å². The number of rotatable bonds is 11. The Morgan fingerprint density at radius 3 is 2.09 bits per heavy atom. The third kappa shape index (κ3) is 5.87. The van der Waals surface area contributed by atoms with Crippen LogP contribution in [0.3, 0.4) is 0 Å². The first kappa shape index (κ1) is 18.8. The zero-order valence-corrected chi connectivity index (χ0v) is 14.3. The number of benzene rings is 1. The van der Waals surface area contributed by atoms with Crippen molar-refractivity contribution in [3.05, 3.63) is 35.9 Å². The topological polar surface area (TPSA) is 38.8 Å². The molecule has 0 fully saturated rings. The maximum Gasteiger partial charge on any atom is 0.152 e. The van der Waals surface area contributed by atoms with Crippen molar-refractivity contribution < 1.29 is 14.3 Å². The summed E-state index contributed by atoms with van der Waals surface area (Å²) >= 11 is 0. The number of ketones is 1. The molecule has 0 bridgehead atoms. The zero-order valence-electron chi connectivity index (χ0n) is 14.3. The Morgan fingerprint density at radius 1 is 1.05 bits per heavy atom. The molecule has 1 aromatic rings. The van der Waals surface area contributed by atoms with E-state index >= 15 is 0 Å². The fourth-order valence-corrected chi connectivity index (χ4v) is 2.46. The van der Waals surface area contributed by atoms with E-state index < -0.39 is 5.54 Å². The summed E-state index contributed by atoms with van der Waals surface area (Å²) in [6.45, 7) is 6.66. The standard InChI is InChI=1S/C18H29NO3/c1-18(2,19(12-14-21-3)13-15-22-4)17(20)11-10-16-8-6-5-7-9-16/h5-9H,10-15H2,1-4H3. The lowest BCUT2D eigenvalue weighted by atomic mass is 9.92. The summed E-state index contributed by atoms with van der Waals surface area (Å²) in [5.41, 5.74) is 0.693. The lowest BCUT2D eigenvalue weighted by Crippen LogP contribution is -2.52. The highest BCUT2D eigenvalue weighted by Crippen LogP contribution is 2.19. The van der Waals surface area contributed by atoms with Crippen LogP contribution in [0.5, 0.6) is 0 Å². The van der Waals surface area contributed by atoms with Crippen molar-refractivity contribution in [1.29, 1.82) is 0 Å². The molecule has 0 saturated carbocycles. The molecule has 0 N–H and O–H groups in total. The van der Waals surface area contributed by atoms with E-state index in [1.807, 2.05) is 32.0 Å². The number of carbonyl (C=O) groups is 1.